The van der Waals surface area contributed by atoms with Gasteiger partial charge >= 0.3 is 5.91 Å². The zero-order valence-corrected chi connectivity index (χ0v) is 21.5. The van der Waals surface area contributed by atoms with Crippen LogP contribution in [0.3, 0.4) is 0 Å². The van der Waals surface area contributed by atoms with Crippen molar-refractivity contribution in [3.05, 3.63) is 89.0 Å². The van der Waals surface area contributed by atoms with E-state index in [4.69, 9.17) is 9.47 Å². The lowest BCUT2D eigenvalue weighted by molar-refractivity contribution is -0.132. The lowest BCUT2D eigenvalue weighted by Crippen LogP contribution is -2.29. The Kier molecular flexibility index (Phi) is 6.67. The molecule has 1 unspecified atom stereocenters. The highest BCUT2D eigenvalue weighted by Crippen LogP contribution is 2.45. The van der Waals surface area contributed by atoms with Crippen LogP contribution in [0.4, 0.5) is 5.13 Å². The van der Waals surface area contributed by atoms with Crippen LogP contribution in [0.15, 0.2) is 72.3 Å². The van der Waals surface area contributed by atoms with Crippen LogP contribution in [0.2, 0.25) is 0 Å². The van der Waals surface area contributed by atoms with Gasteiger partial charge in [0.1, 0.15) is 5.76 Å². The van der Waals surface area contributed by atoms with E-state index in [1.54, 1.807) is 42.5 Å². The second-order valence-corrected chi connectivity index (χ2v) is 9.77. The van der Waals surface area contributed by atoms with Gasteiger partial charge < -0.3 is 14.6 Å². The maximum atomic E-state index is 13.5. The molecule has 4 aromatic rings. The number of ether oxygens (including phenoxy) is 2. The lowest BCUT2D eigenvalue weighted by atomic mass is 9.95. The highest BCUT2D eigenvalue weighted by molar-refractivity contribution is 7.22. The van der Waals surface area contributed by atoms with Crippen LogP contribution in [0.1, 0.15) is 36.1 Å². The van der Waals surface area contributed by atoms with Crippen LogP contribution < -0.4 is 14.4 Å². The minimum absolute atomic E-state index is 0.00378. The minimum atomic E-state index is -0.906. The number of aromatic nitrogens is 1. The number of benzene rings is 3. The zero-order chi connectivity index (χ0) is 26.1. The number of methoxy groups -OCH3 is 1. The van der Waals surface area contributed by atoms with Crippen molar-refractivity contribution in [2.45, 2.75) is 26.3 Å². The maximum absolute atomic E-state index is 13.5. The number of aryl methyl sites for hydroxylation is 1. The third kappa shape index (κ3) is 4.44. The van der Waals surface area contributed by atoms with E-state index in [0.29, 0.717) is 34.4 Å². The Morgan fingerprint density at radius 2 is 1.84 bits per heavy atom. The number of hydrogen-bond acceptors (Lipinski definition) is 7. The van der Waals surface area contributed by atoms with Crippen molar-refractivity contribution in [3.8, 4) is 11.5 Å². The van der Waals surface area contributed by atoms with Gasteiger partial charge in [-0.15, -0.1) is 0 Å². The fraction of sp³-hybridized carbons (Fsp3) is 0.207. The van der Waals surface area contributed by atoms with Crippen molar-refractivity contribution >= 4 is 44.1 Å². The Morgan fingerprint density at radius 3 is 2.57 bits per heavy atom. The quantitative estimate of drug-likeness (QED) is 0.184. The van der Waals surface area contributed by atoms with Gasteiger partial charge in [0.15, 0.2) is 16.6 Å². The predicted molar refractivity (Wildman–Crippen MR) is 144 cm³/mol. The fourth-order valence-electron chi connectivity index (χ4n) is 4.40. The summed E-state index contributed by atoms with van der Waals surface area (Å²) in [5.41, 5.74) is 2.83. The number of nitrogens with zero attached hydrogens (tertiary/aromatic N) is 2. The predicted octanol–water partition coefficient (Wildman–Crippen LogP) is 6.03. The molecule has 37 heavy (non-hydrogen) atoms. The van der Waals surface area contributed by atoms with Gasteiger partial charge in [0, 0.05) is 5.56 Å². The lowest BCUT2D eigenvalue weighted by Gasteiger charge is -2.24. The van der Waals surface area contributed by atoms with Gasteiger partial charge in [-0.3, -0.25) is 14.5 Å². The molecule has 1 amide bonds. The Balaban J connectivity index is 1.71. The molecule has 1 aliphatic heterocycles. The number of hydrogen-bond donors (Lipinski definition) is 1. The van der Waals surface area contributed by atoms with Crippen molar-refractivity contribution < 1.29 is 24.2 Å². The van der Waals surface area contributed by atoms with Crippen molar-refractivity contribution in [2.75, 3.05) is 18.6 Å². The number of carbonyl (C=O) groups is 2. The van der Waals surface area contributed by atoms with Gasteiger partial charge in [-0.1, -0.05) is 60.7 Å². The monoisotopic (exact) mass is 514 g/mol. The van der Waals surface area contributed by atoms with E-state index in [1.807, 2.05) is 38.1 Å². The fourth-order valence-corrected chi connectivity index (χ4v) is 5.50. The number of rotatable bonds is 7. The molecule has 188 valence electrons. The van der Waals surface area contributed by atoms with Crippen molar-refractivity contribution in [3.63, 3.8) is 0 Å². The van der Waals surface area contributed by atoms with E-state index in [-0.39, 0.29) is 11.3 Å². The Labute approximate surface area is 218 Å². The number of ketones is 1. The summed E-state index contributed by atoms with van der Waals surface area (Å²) in [5.74, 6) is -0.732. The van der Waals surface area contributed by atoms with Crippen molar-refractivity contribution in [1.29, 1.82) is 0 Å². The Bertz CT molecular complexity index is 1530. The number of aliphatic hydroxyl groups excluding tert-OH is 1. The maximum Gasteiger partial charge on any atom is 0.301 e. The first-order chi connectivity index (χ1) is 17.9. The van der Waals surface area contributed by atoms with Crippen molar-refractivity contribution in [1.82, 2.24) is 4.98 Å². The molecular formula is C29H26N2O5S. The number of aliphatic hydroxyl groups is 1. The summed E-state index contributed by atoms with van der Waals surface area (Å²) in [6.07, 6.45) is 0.833. The summed E-state index contributed by atoms with van der Waals surface area (Å²) in [6, 6.07) is 18.9. The molecule has 1 fully saturated rings. The summed E-state index contributed by atoms with van der Waals surface area (Å²) in [7, 11) is 1.54. The summed E-state index contributed by atoms with van der Waals surface area (Å²) in [4.78, 5) is 33.0. The molecule has 0 saturated carbocycles. The van der Waals surface area contributed by atoms with Crippen LogP contribution in [-0.2, 0) is 9.59 Å². The number of thiazole rings is 1. The molecule has 7 nitrogen and oxygen atoms in total. The number of fused-ring (bicyclic) bond motifs is 1. The molecule has 1 aliphatic rings. The number of amides is 1. The molecule has 5 rings (SSSR count). The average Bonchev–Trinajstić information content (AvgIpc) is 3.44. The Hall–Kier alpha value is -4.17. The van der Waals surface area contributed by atoms with E-state index < -0.39 is 17.7 Å². The third-order valence-electron chi connectivity index (χ3n) is 6.20. The van der Waals surface area contributed by atoms with Gasteiger partial charge in [-0.25, -0.2) is 4.98 Å². The molecule has 0 bridgehead atoms. The molecule has 1 aromatic heterocycles. The van der Waals surface area contributed by atoms with E-state index in [2.05, 4.69) is 4.98 Å². The summed E-state index contributed by atoms with van der Waals surface area (Å²) in [6.45, 7) is 4.52. The molecule has 0 aliphatic carbocycles. The normalized spacial score (nSPS) is 16.9. The number of carbonyl (C=O) groups excluding carboxylic acids is 2. The number of Topliss-reactive ketones (excluding diaryl/α,β-unsaturated/α-hetero) is 1. The van der Waals surface area contributed by atoms with Crippen LogP contribution in [0.5, 0.6) is 11.5 Å². The van der Waals surface area contributed by atoms with E-state index in [0.717, 1.165) is 22.2 Å². The van der Waals surface area contributed by atoms with Gasteiger partial charge in [-0.05, 0) is 48.7 Å². The zero-order valence-electron chi connectivity index (χ0n) is 20.7. The SMILES string of the molecule is CCCOc1ccc(C2C(=C(O)c3ccccc3)C(=O)C(=O)N2c2nc3ccc(C)cc3s2)cc1OC. The molecule has 8 heteroatoms. The van der Waals surface area contributed by atoms with E-state index >= 15 is 0 Å². The first-order valence-corrected chi connectivity index (χ1v) is 12.8. The van der Waals surface area contributed by atoms with Crippen molar-refractivity contribution in [2.24, 2.45) is 0 Å². The third-order valence-corrected chi connectivity index (χ3v) is 7.21. The summed E-state index contributed by atoms with van der Waals surface area (Å²) < 4.78 is 12.3. The molecule has 1 atom stereocenters. The van der Waals surface area contributed by atoms with Gasteiger partial charge in [0.25, 0.3) is 5.78 Å². The van der Waals surface area contributed by atoms with Gasteiger partial charge in [0.05, 0.1) is 35.5 Å². The highest BCUT2D eigenvalue weighted by atomic mass is 32.1. The Morgan fingerprint density at radius 1 is 1.05 bits per heavy atom. The van der Waals surface area contributed by atoms with E-state index in [1.165, 1.54) is 23.3 Å². The van der Waals surface area contributed by atoms with Gasteiger partial charge in [0.2, 0.25) is 0 Å². The molecule has 1 saturated heterocycles. The van der Waals surface area contributed by atoms with Crippen LogP contribution >= 0.6 is 11.3 Å². The highest BCUT2D eigenvalue weighted by Gasteiger charge is 2.48. The largest absolute Gasteiger partial charge is 0.507 e. The summed E-state index contributed by atoms with van der Waals surface area (Å²) in [5, 5.41) is 11.7. The standard InChI is InChI=1S/C29H26N2O5S/c1-4-14-36-21-13-11-19(16-22(21)35-3)25-24(26(32)18-8-6-5-7-9-18)27(33)28(34)31(25)29-30-20-12-10-17(2)15-23(20)37-29/h5-13,15-16,25,32H,4,14H2,1-3H3. The van der Waals surface area contributed by atoms with E-state index in [9.17, 15) is 14.7 Å². The van der Waals surface area contributed by atoms with Crippen LogP contribution in [-0.4, -0.2) is 35.5 Å². The molecule has 1 N–H and O–H groups in total. The van der Waals surface area contributed by atoms with Crippen LogP contribution in [0.25, 0.3) is 16.0 Å². The second kappa shape index (κ2) is 10.1. The van der Waals surface area contributed by atoms with Crippen LogP contribution in [0, 0.1) is 6.92 Å². The number of anilines is 1. The first kappa shape index (κ1) is 24.5. The summed E-state index contributed by atoms with van der Waals surface area (Å²) >= 11 is 1.33. The molecule has 2 heterocycles. The molecular weight excluding hydrogens is 488 g/mol. The second-order valence-electron chi connectivity index (χ2n) is 8.76. The topological polar surface area (TPSA) is 89.0 Å². The van der Waals surface area contributed by atoms with Gasteiger partial charge in [-0.2, -0.15) is 0 Å². The average molecular weight is 515 g/mol. The molecule has 0 spiro atoms. The smallest absolute Gasteiger partial charge is 0.301 e. The molecule has 0 radical (unpaired) electrons. The first-order valence-electron chi connectivity index (χ1n) is 12.0. The molecule has 3 aromatic carbocycles. The minimum Gasteiger partial charge on any atom is -0.507 e.